The van der Waals surface area contributed by atoms with Crippen molar-refractivity contribution in [2.45, 2.75) is 12.5 Å². The quantitative estimate of drug-likeness (QED) is 0.889. The van der Waals surface area contributed by atoms with E-state index in [0.29, 0.717) is 11.1 Å². The normalized spacial score (nSPS) is 13.2. The number of nitrogens with zero attached hydrogens (tertiary/aromatic N) is 1. The predicted octanol–water partition coefficient (Wildman–Crippen LogP) is 2.57. The molecule has 0 radical (unpaired) electrons. The van der Waals surface area contributed by atoms with Crippen LogP contribution in [0.5, 0.6) is 0 Å². The second-order valence-electron chi connectivity index (χ2n) is 4.64. The number of benzene rings is 1. The molecule has 1 unspecified atom stereocenters. The lowest BCUT2D eigenvalue weighted by Crippen LogP contribution is -2.49. The summed E-state index contributed by atoms with van der Waals surface area (Å²) in [6, 6.07) is 10.0. The first-order valence-electron chi connectivity index (χ1n) is 6.15. The molecule has 1 aromatic carbocycles. The highest BCUT2D eigenvalue weighted by molar-refractivity contribution is 9.10. The highest BCUT2D eigenvalue weighted by Crippen LogP contribution is 2.24. The van der Waals surface area contributed by atoms with Crippen LogP contribution in [0.4, 0.5) is 0 Å². The molecule has 1 amide bonds. The predicted molar refractivity (Wildman–Crippen MR) is 80.8 cm³/mol. The van der Waals surface area contributed by atoms with Crippen molar-refractivity contribution in [1.29, 1.82) is 0 Å². The van der Waals surface area contributed by atoms with Crippen molar-refractivity contribution in [2.24, 2.45) is 0 Å². The molecule has 2 N–H and O–H groups in total. The van der Waals surface area contributed by atoms with Crippen LogP contribution in [0.2, 0.25) is 0 Å². The molecule has 6 heteroatoms. The van der Waals surface area contributed by atoms with E-state index in [0.717, 1.165) is 4.47 Å². The lowest BCUT2D eigenvalue weighted by atomic mass is 9.91. The fourth-order valence-electron chi connectivity index (χ4n) is 1.84. The van der Waals surface area contributed by atoms with Crippen LogP contribution in [0.25, 0.3) is 0 Å². The Balaban J connectivity index is 2.36. The molecule has 1 heterocycles. The van der Waals surface area contributed by atoms with E-state index >= 15 is 0 Å². The van der Waals surface area contributed by atoms with Crippen molar-refractivity contribution in [3.05, 3.63) is 64.4 Å². The molecular weight excluding hydrogens is 336 g/mol. The number of hydrogen-bond acceptors (Lipinski definition) is 3. The monoisotopic (exact) mass is 348 g/mol. The van der Waals surface area contributed by atoms with Gasteiger partial charge in [-0.3, -0.25) is 9.78 Å². The lowest BCUT2D eigenvalue weighted by molar-refractivity contribution is -0.144. The largest absolute Gasteiger partial charge is 0.479 e. The number of carbonyl (C=O) groups is 2. The summed E-state index contributed by atoms with van der Waals surface area (Å²) >= 11 is 3.30. The van der Waals surface area contributed by atoms with E-state index in [1.165, 1.54) is 13.1 Å². The fourth-order valence-corrected chi connectivity index (χ4v) is 2.24. The van der Waals surface area contributed by atoms with Crippen LogP contribution in [-0.2, 0) is 10.3 Å². The van der Waals surface area contributed by atoms with E-state index < -0.39 is 17.4 Å². The molecule has 0 aliphatic rings. The van der Waals surface area contributed by atoms with Gasteiger partial charge in [0.2, 0.25) is 0 Å². The first kappa shape index (κ1) is 15.2. The number of carboxylic acids is 1. The Morgan fingerprint density at radius 3 is 2.62 bits per heavy atom. The Morgan fingerprint density at radius 1 is 1.29 bits per heavy atom. The molecule has 0 aliphatic heterocycles. The number of nitrogens with one attached hydrogen (secondary N) is 1. The number of amides is 1. The Labute approximate surface area is 130 Å². The summed E-state index contributed by atoms with van der Waals surface area (Å²) in [6.45, 7) is 1.45. The smallest absolute Gasteiger partial charge is 0.333 e. The van der Waals surface area contributed by atoms with Gasteiger partial charge >= 0.3 is 5.97 Å². The summed E-state index contributed by atoms with van der Waals surface area (Å²) in [5.41, 5.74) is -0.752. The maximum absolute atomic E-state index is 12.2. The minimum Gasteiger partial charge on any atom is -0.479 e. The summed E-state index contributed by atoms with van der Waals surface area (Å²) in [4.78, 5) is 27.7. The Bertz CT molecular complexity index is 676. The molecular formula is C15H13BrN2O3. The Morgan fingerprint density at radius 2 is 2.05 bits per heavy atom. The molecule has 0 bridgehead atoms. The van der Waals surface area contributed by atoms with Gasteiger partial charge in [0.25, 0.3) is 5.91 Å². The average molecular weight is 349 g/mol. The molecule has 2 aromatic rings. The minimum atomic E-state index is -1.53. The van der Waals surface area contributed by atoms with Crippen molar-refractivity contribution in [3.8, 4) is 0 Å². The van der Waals surface area contributed by atoms with Crippen LogP contribution in [0.1, 0.15) is 22.8 Å². The van der Waals surface area contributed by atoms with Crippen LogP contribution in [-0.4, -0.2) is 22.0 Å². The molecule has 0 aliphatic carbocycles. The zero-order valence-electron chi connectivity index (χ0n) is 11.2. The van der Waals surface area contributed by atoms with Crippen molar-refractivity contribution in [1.82, 2.24) is 10.3 Å². The molecule has 21 heavy (non-hydrogen) atoms. The molecule has 2 rings (SSSR count). The Hall–Kier alpha value is -2.21. The molecule has 0 saturated carbocycles. The minimum absolute atomic E-state index is 0.306. The van der Waals surface area contributed by atoms with Gasteiger partial charge in [-0.1, -0.05) is 28.1 Å². The van der Waals surface area contributed by atoms with Gasteiger partial charge in [-0.05, 0) is 36.8 Å². The van der Waals surface area contributed by atoms with E-state index in [-0.39, 0.29) is 0 Å². The van der Waals surface area contributed by atoms with E-state index in [1.807, 2.05) is 0 Å². The third-order valence-corrected chi connectivity index (χ3v) is 3.61. The topological polar surface area (TPSA) is 79.3 Å². The zero-order valence-corrected chi connectivity index (χ0v) is 12.8. The number of carboxylic acid groups (broad SMARTS) is 1. The summed E-state index contributed by atoms with van der Waals surface area (Å²) in [6.07, 6.45) is 2.93. The van der Waals surface area contributed by atoms with Gasteiger partial charge < -0.3 is 10.4 Å². The maximum atomic E-state index is 12.2. The molecule has 1 aromatic heterocycles. The first-order valence-corrected chi connectivity index (χ1v) is 6.95. The molecule has 108 valence electrons. The number of aromatic nitrogens is 1. The van der Waals surface area contributed by atoms with Gasteiger partial charge in [-0.25, -0.2) is 4.79 Å². The highest BCUT2D eigenvalue weighted by atomic mass is 79.9. The van der Waals surface area contributed by atoms with Crippen LogP contribution >= 0.6 is 15.9 Å². The van der Waals surface area contributed by atoms with E-state index in [4.69, 9.17) is 0 Å². The van der Waals surface area contributed by atoms with Crippen molar-refractivity contribution >= 4 is 27.8 Å². The van der Waals surface area contributed by atoms with Gasteiger partial charge in [-0.2, -0.15) is 0 Å². The summed E-state index contributed by atoms with van der Waals surface area (Å²) in [5.74, 6) is -1.63. The maximum Gasteiger partial charge on any atom is 0.333 e. The van der Waals surface area contributed by atoms with Crippen molar-refractivity contribution in [2.75, 3.05) is 0 Å². The third-order valence-electron chi connectivity index (χ3n) is 3.12. The van der Waals surface area contributed by atoms with Crippen LogP contribution < -0.4 is 5.32 Å². The number of aliphatic carboxylic acids is 1. The number of halogens is 1. The third kappa shape index (κ3) is 3.28. The highest BCUT2D eigenvalue weighted by Gasteiger charge is 2.37. The fraction of sp³-hybridized carbons (Fsp3) is 0.133. The molecule has 1 atom stereocenters. The van der Waals surface area contributed by atoms with Gasteiger partial charge in [0, 0.05) is 16.9 Å². The van der Waals surface area contributed by atoms with Crippen molar-refractivity contribution < 1.29 is 14.7 Å². The van der Waals surface area contributed by atoms with Gasteiger partial charge in [0.15, 0.2) is 5.54 Å². The van der Waals surface area contributed by atoms with Gasteiger partial charge in [0.05, 0.1) is 5.56 Å². The number of rotatable bonds is 4. The number of carbonyl (C=O) groups excluding carboxylic acids is 1. The molecule has 0 spiro atoms. The standard InChI is InChI=1S/C15H13BrN2O3/c1-15(14(20)21,11-5-2-6-12(16)8-11)18-13(19)10-4-3-7-17-9-10/h2-9H,1H3,(H,18,19)(H,20,21). The second kappa shape index (κ2) is 6.05. The second-order valence-corrected chi connectivity index (χ2v) is 5.55. The number of pyridine rings is 1. The van der Waals surface area contributed by atoms with E-state index in [9.17, 15) is 14.7 Å². The number of hydrogen-bond donors (Lipinski definition) is 2. The first-order chi connectivity index (χ1) is 9.93. The Kier molecular flexibility index (Phi) is 4.37. The zero-order chi connectivity index (χ0) is 15.5. The van der Waals surface area contributed by atoms with Crippen LogP contribution in [0, 0.1) is 0 Å². The molecule has 0 saturated heterocycles. The molecule has 5 nitrogen and oxygen atoms in total. The summed E-state index contributed by atoms with van der Waals surface area (Å²) in [7, 11) is 0. The lowest BCUT2D eigenvalue weighted by Gasteiger charge is -2.27. The van der Waals surface area contributed by atoms with Gasteiger partial charge in [-0.15, -0.1) is 0 Å². The van der Waals surface area contributed by atoms with Gasteiger partial charge in [0.1, 0.15) is 0 Å². The van der Waals surface area contributed by atoms with E-state index in [1.54, 1.807) is 42.6 Å². The van der Waals surface area contributed by atoms with Crippen LogP contribution in [0.3, 0.4) is 0 Å². The summed E-state index contributed by atoms with van der Waals surface area (Å²) in [5, 5.41) is 12.1. The van der Waals surface area contributed by atoms with Crippen molar-refractivity contribution in [3.63, 3.8) is 0 Å². The average Bonchev–Trinajstić information content (AvgIpc) is 2.47. The van der Waals surface area contributed by atoms with Crippen LogP contribution in [0.15, 0.2) is 53.3 Å². The SMILES string of the molecule is CC(NC(=O)c1cccnc1)(C(=O)O)c1cccc(Br)c1. The summed E-state index contributed by atoms with van der Waals surface area (Å²) < 4.78 is 0.739. The van der Waals surface area contributed by atoms with E-state index in [2.05, 4.69) is 26.2 Å². The molecule has 0 fully saturated rings.